The smallest absolute Gasteiger partial charge is 0.726 e. The van der Waals surface area contributed by atoms with Crippen LogP contribution in [0.2, 0.25) is 0 Å². The maximum Gasteiger partial charge on any atom is 1.00 e. The van der Waals surface area contributed by atoms with Crippen LogP contribution in [0.4, 0.5) is 0 Å². The minimum atomic E-state index is -5.33. The number of carboxylic acids is 1. The predicted molar refractivity (Wildman–Crippen MR) is 95.4 cm³/mol. The normalized spacial score (nSPS) is 31.8. The van der Waals surface area contributed by atoms with Gasteiger partial charge in [0.2, 0.25) is 22.6 Å². The van der Waals surface area contributed by atoms with Crippen LogP contribution >= 0.6 is 0 Å². The van der Waals surface area contributed by atoms with Crippen molar-refractivity contribution in [1.82, 2.24) is 5.32 Å². The maximum atomic E-state index is 11.4. The molecule has 2 heterocycles. The largest absolute Gasteiger partial charge is 1.00 e. The van der Waals surface area contributed by atoms with Crippen molar-refractivity contribution in [3.63, 3.8) is 0 Å². The van der Waals surface area contributed by atoms with Gasteiger partial charge < -0.3 is 49.3 Å². The van der Waals surface area contributed by atoms with Gasteiger partial charge >= 0.3 is 99.1 Å². The summed E-state index contributed by atoms with van der Waals surface area (Å²) >= 11 is 0. The van der Waals surface area contributed by atoms with Crippen molar-refractivity contribution >= 4 is 32.7 Å². The molecule has 0 saturated carbocycles. The molecule has 0 aromatic carbocycles. The van der Waals surface area contributed by atoms with Gasteiger partial charge in [0.15, 0.2) is 12.4 Å². The summed E-state index contributed by atoms with van der Waals surface area (Å²) in [4.78, 5) is 22.5. The summed E-state index contributed by atoms with van der Waals surface area (Å²) in [6, 6.07) is -1.66. The van der Waals surface area contributed by atoms with Crippen LogP contribution in [0, 0.1) is 0 Å². The van der Waals surface area contributed by atoms with Crippen LogP contribution in [-0.4, -0.2) is 109 Å². The molecular weight excluding hydrogens is 587 g/mol. The summed E-state index contributed by atoms with van der Waals surface area (Å²) in [6.45, 7) is -0.207. The molecule has 0 aromatic heterocycles. The van der Waals surface area contributed by atoms with Crippen molar-refractivity contribution in [1.29, 1.82) is 0 Å². The molecule has 1 fully saturated rings. The zero-order valence-electron chi connectivity index (χ0n) is 19.8. The summed E-state index contributed by atoms with van der Waals surface area (Å²) in [6.07, 6.45) is -14.0. The van der Waals surface area contributed by atoms with Crippen molar-refractivity contribution in [3.05, 3.63) is 11.8 Å². The molecule has 0 aromatic rings. The first-order chi connectivity index (χ1) is 15.5. The van der Waals surface area contributed by atoms with Crippen molar-refractivity contribution in [2.45, 2.75) is 56.1 Å². The van der Waals surface area contributed by atoms with Crippen LogP contribution in [0.25, 0.3) is 0 Å². The predicted octanol–water partition coefficient (Wildman–Crippen LogP) is -15.0. The Morgan fingerprint density at radius 2 is 1.68 bits per heavy atom. The summed E-state index contributed by atoms with van der Waals surface area (Å²) in [7, 11) is -10.6. The van der Waals surface area contributed by atoms with Crippen LogP contribution in [0.15, 0.2) is 11.8 Å². The second-order valence-electron chi connectivity index (χ2n) is 6.86. The van der Waals surface area contributed by atoms with E-state index < -0.39 is 94.2 Å². The number of rotatable bonds is 9. The van der Waals surface area contributed by atoms with E-state index in [9.17, 15) is 51.4 Å². The van der Waals surface area contributed by atoms with Gasteiger partial charge in [-0.1, -0.05) is 0 Å². The fourth-order valence-corrected chi connectivity index (χ4v) is 3.83. The molecule has 1 amide bonds. The summed E-state index contributed by atoms with van der Waals surface area (Å²) in [5, 5.41) is 43.9. The molecule has 0 aliphatic carbocycles. The van der Waals surface area contributed by atoms with E-state index in [4.69, 9.17) is 18.8 Å². The topological polar surface area (TPSA) is 288 Å². The number of hydrogen-bond donors (Lipinski definition) is 5. The van der Waals surface area contributed by atoms with E-state index in [-0.39, 0.29) is 88.7 Å². The van der Waals surface area contributed by atoms with E-state index in [1.165, 1.54) is 0 Å². The number of hydrogen-bond acceptors (Lipinski definition) is 16. The van der Waals surface area contributed by atoms with Gasteiger partial charge in [-0.15, -0.1) is 0 Å². The molecule has 196 valence electrons. The molecule has 2 aliphatic rings. The molecule has 37 heavy (non-hydrogen) atoms. The second kappa shape index (κ2) is 16.5. The van der Waals surface area contributed by atoms with Crippen LogP contribution in [0.3, 0.4) is 0 Å². The molecule has 2 aliphatic heterocycles. The Balaban J connectivity index is 0. The monoisotopic (exact) mass is 606 g/mol. The Morgan fingerprint density at radius 1 is 1.11 bits per heavy atom. The van der Waals surface area contributed by atoms with E-state index in [1.54, 1.807) is 0 Å². The zero-order valence-corrected chi connectivity index (χ0v) is 27.4. The van der Waals surface area contributed by atoms with E-state index in [0.29, 0.717) is 6.08 Å². The Kier molecular flexibility index (Phi) is 17.9. The number of carbonyl (C=O) groups is 2. The molecule has 0 spiro atoms. The number of carbonyl (C=O) groups excluding carboxylic acids is 2. The van der Waals surface area contributed by atoms with Crippen LogP contribution in [0.1, 0.15) is 6.92 Å². The summed E-state index contributed by atoms with van der Waals surface area (Å²) in [5.74, 6) is -3.89. The third-order valence-corrected chi connectivity index (χ3v) is 5.22. The van der Waals surface area contributed by atoms with Crippen LogP contribution in [-0.2, 0) is 53.0 Å². The molecule has 23 heteroatoms. The second-order valence-corrected chi connectivity index (χ2v) is 8.96. The molecule has 1 unspecified atom stereocenters. The molecule has 5 N–H and O–H groups in total. The van der Waals surface area contributed by atoms with E-state index in [2.05, 4.69) is 13.7 Å². The van der Waals surface area contributed by atoms with Gasteiger partial charge in [-0.25, -0.2) is 12.6 Å². The fraction of sp³-hybridized carbons (Fsp3) is 0.714. The Morgan fingerprint density at radius 3 is 2.14 bits per heavy atom. The minimum Gasteiger partial charge on any atom is -0.726 e. The number of ether oxygens (including phenoxy) is 3. The number of aliphatic hydroxyl groups is 3. The Hall–Kier alpha value is 1.02. The average Bonchev–Trinajstić information content (AvgIpc) is 2.66. The van der Waals surface area contributed by atoms with Crippen molar-refractivity contribution in [3.8, 4) is 0 Å². The van der Waals surface area contributed by atoms with Gasteiger partial charge in [0.1, 0.15) is 42.2 Å². The average molecular weight is 606 g/mol. The number of aliphatic carboxylic acids is 1. The first-order valence-corrected chi connectivity index (χ1v) is 11.7. The fourth-order valence-electron chi connectivity index (χ4n) is 3.04. The van der Waals surface area contributed by atoms with E-state index in [1.807, 2.05) is 0 Å². The number of carboxylic acid groups (broad SMARTS) is 1. The van der Waals surface area contributed by atoms with E-state index >= 15 is 0 Å². The SMILES string of the molecule is CC(=O)N[C@H]1C(O)O[C@H](COS(=O)(=O)[O-])[C@@H](O[C@@H]2OC(C(=O)[O-])=C[C@H](O)[C@H]2OS(=O)(=O)O)[C@@H]1O.[Na+].[Na+].[Na+]. The Bertz CT molecular complexity index is 1020. The third-order valence-electron chi connectivity index (χ3n) is 4.33. The van der Waals surface area contributed by atoms with E-state index in [0.717, 1.165) is 6.92 Å². The Labute approximate surface area is 276 Å². The summed E-state index contributed by atoms with van der Waals surface area (Å²) in [5.41, 5.74) is 0. The van der Waals surface area contributed by atoms with Gasteiger partial charge in [-0.3, -0.25) is 13.5 Å². The van der Waals surface area contributed by atoms with Crippen molar-refractivity contribution in [2.75, 3.05) is 6.61 Å². The van der Waals surface area contributed by atoms with Crippen LogP contribution in [0.5, 0.6) is 0 Å². The van der Waals surface area contributed by atoms with Gasteiger partial charge in [-0.05, 0) is 6.08 Å². The van der Waals surface area contributed by atoms with Gasteiger partial charge in [0.05, 0.1) is 6.61 Å². The minimum absolute atomic E-state index is 0. The number of nitrogens with one attached hydrogen (secondary N) is 1. The van der Waals surface area contributed by atoms with Gasteiger partial charge in [0.25, 0.3) is 0 Å². The first kappa shape index (κ1) is 40.2. The number of aliphatic hydroxyl groups excluding tert-OH is 3. The van der Waals surface area contributed by atoms with Crippen molar-refractivity contribution in [2.24, 2.45) is 0 Å². The molecule has 18 nitrogen and oxygen atoms in total. The first-order valence-electron chi connectivity index (χ1n) is 8.96. The third kappa shape index (κ3) is 12.6. The summed E-state index contributed by atoms with van der Waals surface area (Å²) < 4.78 is 87.0. The zero-order chi connectivity index (χ0) is 26.0. The maximum absolute atomic E-state index is 11.4. The van der Waals surface area contributed by atoms with Crippen molar-refractivity contribution < 1.29 is 167 Å². The quantitative estimate of drug-likeness (QED) is 0.0924. The number of amides is 1. The molecule has 2 rings (SSSR count). The molecule has 0 bridgehead atoms. The molecule has 0 radical (unpaired) electrons. The molecule has 8 atom stereocenters. The van der Waals surface area contributed by atoms with Crippen LogP contribution < -0.4 is 99.1 Å². The molecular formula is C14H19NNa3O17S2+. The van der Waals surface area contributed by atoms with Gasteiger partial charge in [-0.2, -0.15) is 8.42 Å². The van der Waals surface area contributed by atoms with Gasteiger partial charge in [0, 0.05) is 6.92 Å². The standard InChI is InChI=1S/C14H21NO17S2.3Na/c1-4(16)15-8-9(18)11(7(29-13(8)21)3-28-33(22,23)24)31-14-10(32-34(25,26)27)5(17)2-6(30-14)12(19)20;;;/h2,5,7-11,13-14,17-18,21H,3H2,1H3,(H,15,16)(H,19,20)(H,22,23,24)(H,25,26,27);;;/q;3*+1/p-2/t5-,7+,8+,9+,10+,11+,13?,14-;;;/m0.../s1. The molecule has 1 saturated heterocycles.